The number of hydrogen-bond acceptors (Lipinski definition) is 2. The fourth-order valence-electron chi connectivity index (χ4n) is 4.59. The van der Waals surface area contributed by atoms with Crippen LogP contribution in [0.1, 0.15) is 70.6 Å². The van der Waals surface area contributed by atoms with Crippen LogP contribution in [-0.2, 0) is 4.79 Å². The Bertz CT molecular complexity index is 340. The minimum Gasteiger partial charge on any atom is -0.343 e. The van der Waals surface area contributed by atoms with Crippen LogP contribution in [0.15, 0.2) is 0 Å². The van der Waals surface area contributed by atoms with Crippen LogP contribution in [0, 0.1) is 10.8 Å². The maximum absolute atomic E-state index is 12.5. The van der Waals surface area contributed by atoms with Crippen LogP contribution in [0.2, 0.25) is 0 Å². The van der Waals surface area contributed by atoms with Crippen LogP contribution in [0.3, 0.4) is 0 Å². The fourth-order valence-corrected chi connectivity index (χ4v) is 4.59. The highest BCUT2D eigenvalue weighted by Crippen LogP contribution is 2.46. The largest absolute Gasteiger partial charge is 0.343 e. The van der Waals surface area contributed by atoms with Crippen molar-refractivity contribution in [2.45, 2.75) is 70.6 Å². The Balaban J connectivity index is 1.51. The molecule has 114 valence electrons. The lowest BCUT2D eigenvalue weighted by Gasteiger charge is -2.46. The fraction of sp³-hybridized carbons (Fsp3) is 0.941. The summed E-state index contributed by atoms with van der Waals surface area (Å²) in [6.45, 7) is 2.69. The van der Waals surface area contributed by atoms with Gasteiger partial charge in [-0.2, -0.15) is 0 Å². The predicted molar refractivity (Wildman–Crippen MR) is 81.3 cm³/mol. The first kappa shape index (κ1) is 14.4. The van der Waals surface area contributed by atoms with Gasteiger partial charge in [-0.1, -0.05) is 25.7 Å². The van der Waals surface area contributed by atoms with Crippen LogP contribution in [0.4, 0.5) is 0 Å². The Hall–Kier alpha value is -0.570. The van der Waals surface area contributed by atoms with Crippen molar-refractivity contribution in [3.63, 3.8) is 0 Å². The van der Waals surface area contributed by atoms with Crippen molar-refractivity contribution >= 4 is 5.91 Å². The van der Waals surface area contributed by atoms with Gasteiger partial charge >= 0.3 is 0 Å². The molecular weight excluding hydrogens is 248 g/mol. The van der Waals surface area contributed by atoms with Crippen molar-refractivity contribution in [3.8, 4) is 0 Å². The smallest absolute Gasteiger partial charge is 0.223 e. The standard InChI is InChI=1S/C17H30N2O/c18-14-17(7-4-8-17)13-15(20)19-11-9-16(10-12-19)5-2-1-3-6-16/h1-14,18H2. The van der Waals surface area contributed by atoms with Gasteiger partial charge in [-0.25, -0.2) is 0 Å². The van der Waals surface area contributed by atoms with E-state index in [9.17, 15) is 4.79 Å². The molecule has 1 amide bonds. The van der Waals surface area contributed by atoms with Gasteiger partial charge in [0.05, 0.1) is 0 Å². The number of piperidine rings is 1. The number of amides is 1. The molecule has 0 aromatic heterocycles. The highest BCUT2D eigenvalue weighted by molar-refractivity contribution is 5.77. The van der Waals surface area contributed by atoms with Gasteiger partial charge < -0.3 is 10.6 Å². The Morgan fingerprint density at radius 3 is 2.05 bits per heavy atom. The molecule has 20 heavy (non-hydrogen) atoms. The SMILES string of the molecule is NCC1(CC(=O)N2CCC3(CCCCC3)CC2)CCC1. The van der Waals surface area contributed by atoms with Crippen LogP contribution in [0.5, 0.6) is 0 Å². The van der Waals surface area contributed by atoms with Crippen molar-refractivity contribution in [3.05, 3.63) is 0 Å². The third kappa shape index (κ3) is 2.74. The third-order valence-corrected chi connectivity index (χ3v) is 6.46. The maximum atomic E-state index is 12.5. The molecule has 2 saturated carbocycles. The Labute approximate surface area is 123 Å². The molecule has 0 bridgehead atoms. The molecular formula is C17H30N2O. The zero-order valence-corrected chi connectivity index (χ0v) is 12.8. The van der Waals surface area contributed by atoms with Crippen LogP contribution >= 0.6 is 0 Å². The molecule has 0 unspecified atom stereocenters. The summed E-state index contributed by atoms with van der Waals surface area (Å²) in [7, 11) is 0. The molecule has 3 fully saturated rings. The number of likely N-dealkylation sites (tertiary alicyclic amines) is 1. The van der Waals surface area contributed by atoms with Crippen molar-refractivity contribution in [2.75, 3.05) is 19.6 Å². The molecule has 3 nitrogen and oxygen atoms in total. The first-order valence-electron chi connectivity index (χ1n) is 8.65. The van der Waals surface area contributed by atoms with Crippen molar-refractivity contribution in [1.29, 1.82) is 0 Å². The molecule has 2 aliphatic carbocycles. The summed E-state index contributed by atoms with van der Waals surface area (Å²) < 4.78 is 0. The topological polar surface area (TPSA) is 46.3 Å². The normalized spacial score (nSPS) is 28.1. The second kappa shape index (κ2) is 5.67. The van der Waals surface area contributed by atoms with E-state index in [1.807, 2.05) is 0 Å². The minimum atomic E-state index is 0.164. The lowest BCUT2D eigenvalue weighted by molar-refractivity contribution is -0.137. The van der Waals surface area contributed by atoms with Gasteiger partial charge in [0.2, 0.25) is 5.91 Å². The van der Waals surface area contributed by atoms with Gasteiger partial charge in [0.25, 0.3) is 0 Å². The Kier molecular flexibility index (Phi) is 4.07. The van der Waals surface area contributed by atoms with Crippen molar-refractivity contribution < 1.29 is 4.79 Å². The highest BCUT2D eigenvalue weighted by Gasteiger charge is 2.41. The number of rotatable bonds is 3. The Morgan fingerprint density at radius 2 is 1.55 bits per heavy atom. The van der Waals surface area contributed by atoms with Crippen LogP contribution < -0.4 is 5.73 Å². The van der Waals surface area contributed by atoms with Crippen LogP contribution in [-0.4, -0.2) is 30.4 Å². The monoisotopic (exact) mass is 278 g/mol. The van der Waals surface area contributed by atoms with Gasteiger partial charge in [0, 0.05) is 19.5 Å². The van der Waals surface area contributed by atoms with Gasteiger partial charge in [-0.05, 0) is 55.9 Å². The average molecular weight is 278 g/mol. The molecule has 3 rings (SSSR count). The van der Waals surface area contributed by atoms with Gasteiger partial charge in [-0.15, -0.1) is 0 Å². The second-order valence-electron chi connectivity index (χ2n) is 7.68. The third-order valence-electron chi connectivity index (χ3n) is 6.46. The first-order chi connectivity index (χ1) is 9.67. The van der Waals surface area contributed by atoms with Crippen molar-refractivity contribution in [2.24, 2.45) is 16.6 Å². The van der Waals surface area contributed by atoms with E-state index in [4.69, 9.17) is 5.73 Å². The highest BCUT2D eigenvalue weighted by atomic mass is 16.2. The number of nitrogens with two attached hydrogens (primary N) is 1. The van der Waals surface area contributed by atoms with E-state index in [1.54, 1.807) is 0 Å². The summed E-state index contributed by atoms with van der Waals surface area (Å²) in [5.74, 6) is 0.376. The first-order valence-corrected chi connectivity index (χ1v) is 8.65. The summed E-state index contributed by atoms with van der Waals surface area (Å²) >= 11 is 0. The lowest BCUT2D eigenvalue weighted by Crippen LogP contribution is -2.47. The van der Waals surface area contributed by atoms with E-state index in [-0.39, 0.29) is 5.41 Å². The predicted octanol–water partition coefficient (Wildman–Crippen LogP) is 3.08. The van der Waals surface area contributed by atoms with E-state index in [1.165, 1.54) is 51.4 Å². The van der Waals surface area contributed by atoms with E-state index in [2.05, 4.69) is 4.90 Å². The summed E-state index contributed by atoms with van der Waals surface area (Å²) in [4.78, 5) is 14.6. The zero-order chi connectivity index (χ0) is 14.1. The Morgan fingerprint density at radius 1 is 0.900 bits per heavy atom. The molecule has 2 N–H and O–H groups in total. The molecule has 1 heterocycles. The number of carbonyl (C=O) groups excluding carboxylic acids is 1. The van der Waals surface area contributed by atoms with Crippen LogP contribution in [0.25, 0.3) is 0 Å². The number of carbonyl (C=O) groups is 1. The van der Waals surface area contributed by atoms with E-state index < -0.39 is 0 Å². The summed E-state index contributed by atoms with van der Waals surface area (Å²) in [6.07, 6.45) is 13.8. The number of nitrogens with zero attached hydrogens (tertiary/aromatic N) is 1. The molecule has 1 saturated heterocycles. The molecule has 3 heteroatoms. The summed E-state index contributed by atoms with van der Waals surface area (Å²) in [6, 6.07) is 0. The maximum Gasteiger partial charge on any atom is 0.223 e. The lowest BCUT2D eigenvalue weighted by atomic mass is 9.66. The van der Waals surface area contributed by atoms with E-state index in [0.29, 0.717) is 24.3 Å². The molecule has 0 aromatic rings. The van der Waals surface area contributed by atoms with E-state index >= 15 is 0 Å². The van der Waals surface area contributed by atoms with Gasteiger partial charge in [0.1, 0.15) is 0 Å². The van der Waals surface area contributed by atoms with Gasteiger partial charge in [-0.3, -0.25) is 4.79 Å². The molecule has 1 aliphatic heterocycles. The van der Waals surface area contributed by atoms with Crippen molar-refractivity contribution in [1.82, 2.24) is 4.90 Å². The summed E-state index contributed by atoms with van der Waals surface area (Å²) in [5.41, 5.74) is 6.65. The molecule has 3 aliphatic rings. The molecule has 1 spiro atoms. The molecule has 0 aromatic carbocycles. The summed E-state index contributed by atoms with van der Waals surface area (Å²) in [5, 5.41) is 0. The quantitative estimate of drug-likeness (QED) is 0.862. The van der Waals surface area contributed by atoms with Gasteiger partial charge in [0.15, 0.2) is 0 Å². The molecule has 0 atom stereocenters. The zero-order valence-electron chi connectivity index (χ0n) is 12.8. The minimum absolute atomic E-state index is 0.164. The van der Waals surface area contributed by atoms with E-state index in [0.717, 1.165) is 25.9 Å². The number of hydrogen-bond donors (Lipinski definition) is 1. The second-order valence-corrected chi connectivity index (χ2v) is 7.68. The average Bonchev–Trinajstić information content (AvgIpc) is 2.44. The molecule has 0 radical (unpaired) electrons.